The van der Waals surface area contributed by atoms with E-state index in [9.17, 15) is 9.90 Å². The van der Waals surface area contributed by atoms with Crippen LogP contribution in [0.5, 0.6) is 0 Å². The van der Waals surface area contributed by atoms with Gasteiger partial charge < -0.3 is 9.84 Å². The van der Waals surface area contributed by atoms with Crippen molar-refractivity contribution in [1.29, 1.82) is 0 Å². The second-order valence-corrected chi connectivity index (χ2v) is 3.94. The van der Waals surface area contributed by atoms with Crippen LogP contribution in [0.4, 0.5) is 0 Å². The lowest BCUT2D eigenvalue weighted by molar-refractivity contribution is -0.149. The van der Waals surface area contributed by atoms with Gasteiger partial charge in [0.25, 0.3) is 0 Å². The molecule has 3 heteroatoms. The van der Waals surface area contributed by atoms with Crippen LogP contribution in [0.1, 0.15) is 26.2 Å². The van der Waals surface area contributed by atoms with Gasteiger partial charge in [0.2, 0.25) is 0 Å². The molecular formula is C9H14O3. The summed E-state index contributed by atoms with van der Waals surface area (Å²) in [7, 11) is 0. The van der Waals surface area contributed by atoms with Crippen molar-refractivity contribution >= 4 is 5.97 Å². The summed E-state index contributed by atoms with van der Waals surface area (Å²) in [5.74, 6) is 0.621. The third kappa shape index (κ3) is 1.22. The fourth-order valence-electron chi connectivity index (χ4n) is 2.55. The molecule has 0 amide bonds. The number of fused-ring (bicyclic) bond motifs is 2. The molecule has 0 spiro atoms. The standard InChI is InChI=1S/C9H14O3/c1-5(10)12-9-4-6-2-7(9)3-8(6)11/h6-9,11H,2-4H2,1H3/t6-,7-,8+,9+/m0/s1. The summed E-state index contributed by atoms with van der Waals surface area (Å²) in [5, 5.41) is 9.43. The van der Waals surface area contributed by atoms with Gasteiger partial charge in [-0.1, -0.05) is 0 Å². The normalized spacial score (nSPS) is 44.8. The molecule has 0 heterocycles. The van der Waals surface area contributed by atoms with Crippen molar-refractivity contribution in [3.05, 3.63) is 0 Å². The second kappa shape index (κ2) is 2.73. The highest BCUT2D eigenvalue weighted by Gasteiger charge is 2.46. The molecule has 12 heavy (non-hydrogen) atoms. The average molecular weight is 170 g/mol. The SMILES string of the molecule is CC(=O)O[C@@H]1C[C@@H]2C[C@H]1C[C@H]2O. The Hall–Kier alpha value is -0.570. The molecule has 2 bridgehead atoms. The van der Waals surface area contributed by atoms with E-state index in [1.807, 2.05) is 0 Å². The Bertz CT molecular complexity index is 200. The van der Waals surface area contributed by atoms with Crippen molar-refractivity contribution < 1.29 is 14.6 Å². The first-order valence-corrected chi connectivity index (χ1v) is 4.52. The maximum atomic E-state index is 10.7. The Labute approximate surface area is 71.7 Å². The monoisotopic (exact) mass is 170 g/mol. The molecule has 1 N–H and O–H groups in total. The summed E-state index contributed by atoms with van der Waals surface area (Å²) in [6.45, 7) is 1.45. The van der Waals surface area contributed by atoms with Crippen LogP contribution in [0, 0.1) is 11.8 Å². The average Bonchev–Trinajstić information content (AvgIpc) is 2.44. The third-order valence-electron chi connectivity index (χ3n) is 3.07. The number of carbonyl (C=O) groups excluding carboxylic acids is 1. The van der Waals surface area contributed by atoms with Crippen LogP contribution in [-0.4, -0.2) is 23.3 Å². The fourth-order valence-corrected chi connectivity index (χ4v) is 2.55. The molecule has 68 valence electrons. The first-order valence-electron chi connectivity index (χ1n) is 4.52. The number of ether oxygens (including phenoxy) is 1. The molecular weight excluding hydrogens is 156 g/mol. The molecule has 0 aliphatic heterocycles. The zero-order chi connectivity index (χ0) is 8.72. The van der Waals surface area contributed by atoms with Crippen LogP contribution in [0.25, 0.3) is 0 Å². The molecule has 0 aromatic rings. The van der Waals surface area contributed by atoms with E-state index in [-0.39, 0.29) is 18.2 Å². The van der Waals surface area contributed by atoms with E-state index in [1.165, 1.54) is 6.92 Å². The van der Waals surface area contributed by atoms with Gasteiger partial charge >= 0.3 is 5.97 Å². The lowest BCUT2D eigenvalue weighted by Gasteiger charge is -2.24. The quantitative estimate of drug-likeness (QED) is 0.589. The van der Waals surface area contributed by atoms with Gasteiger partial charge in [-0.05, 0) is 31.1 Å². The molecule has 2 aliphatic rings. The Balaban J connectivity index is 1.94. The highest BCUT2D eigenvalue weighted by atomic mass is 16.5. The summed E-state index contributed by atoms with van der Waals surface area (Å²) in [6, 6.07) is 0. The molecule has 3 nitrogen and oxygen atoms in total. The summed E-state index contributed by atoms with van der Waals surface area (Å²) in [4.78, 5) is 10.7. The Morgan fingerprint density at radius 1 is 1.33 bits per heavy atom. The predicted molar refractivity (Wildman–Crippen MR) is 42.4 cm³/mol. The molecule has 0 aromatic heterocycles. The summed E-state index contributed by atoms with van der Waals surface area (Å²) in [6.07, 6.45) is 2.69. The Kier molecular flexibility index (Phi) is 1.83. The van der Waals surface area contributed by atoms with Crippen LogP contribution in [0.2, 0.25) is 0 Å². The van der Waals surface area contributed by atoms with E-state index in [1.54, 1.807) is 0 Å². The molecule has 2 saturated carbocycles. The smallest absolute Gasteiger partial charge is 0.302 e. The third-order valence-corrected chi connectivity index (χ3v) is 3.07. The molecule has 0 aromatic carbocycles. The first-order chi connectivity index (χ1) is 5.66. The zero-order valence-corrected chi connectivity index (χ0v) is 7.19. The van der Waals surface area contributed by atoms with Crippen molar-refractivity contribution in [3.63, 3.8) is 0 Å². The molecule has 0 unspecified atom stereocenters. The van der Waals surface area contributed by atoms with Crippen LogP contribution in [0.15, 0.2) is 0 Å². The van der Waals surface area contributed by atoms with Gasteiger partial charge in [-0.25, -0.2) is 0 Å². The van der Waals surface area contributed by atoms with Gasteiger partial charge in [-0.2, -0.15) is 0 Å². The van der Waals surface area contributed by atoms with E-state index in [0.29, 0.717) is 11.8 Å². The van der Waals surface area contributed by atoms with Crippen molar-refractivity contribution in [1.82, 2.24) is 0 Å². The molecule has 2 fully saturated rings. The molecule has 2 rings (SSSR count). The van der Waals surface area contributed by atoms with Crippen LogP contribution in [0.3, 0.4) is 0 Å². The number of aliphatic hydroxyl groups excluding tert-OH is 1. The van der Waals surface area contributed by atoms with Crippen LogP contribution in [-0.2, 0) is 9.53 Å². The van der Waals surface area contributed by atoms with Crippen LogP contribution >= 0.6 is 0 Å². The van der Waals surface area contributed by atoms with Crippen molar-refractivity contribution in [2.24, 2.45) is 11.8 Å². The van der Waals surface area contributed by atoms with Gasteiger partial charge in [0.1, 0.15) is 6.10 Å². The minimum Gasteiger partial charge on any atom is -0.462 e. The summed E-state index contributed by atoms with van der Waals surface area (Å²) in [5.41, 5.74) is 0. The lowest BCUT2D eigenvalue weighted by atomic mass is 9.95. The van der Waals surface area contributed by atoms with E-state index in [0.717, 1.165) is 19.3 Å². The topological polar surface area (TPSA) is 46.5 Å². The van der Waals surface area contributed by atoms with E-state index >= 15 is 0 Å². The minimum absolute atomic E-state index is 0.0934. The molecule has 0 saturated heterocycles. The van der Waals surface area contributed by atoms with Gasteiger partial charge in [0.15, 0.2) is 0 Å². The van der Waals surface area contributed by atoms with E-state index in [2.05, 4.69) is 0 Å². The lowest BCUT2D eigenvalue weighted by Crippen LogP contribution is -2.28. The number of esters is 1. The maximum absolute atomic E-state index is 10.7. The maximum Gasteiger partial charge on any atom is 0.302 e. The van der Waals surface area contributed by atoms with Gasteiger partial charge in [-0.15, -0.1) is 0 Å². The number of carbonyl (C=O) groups is 1. The van der Waals surface area contributed by atoms with E-state index in [4.69, 9.17) is 4.74 Å². The second-order valence-electron chi connectivity index (χ2n) is 3.94. The fraction of sp³-hybridized carbons (Fsp3) is 0.889. The Morgan fingerprint density at radius 2 is 2.08 bits per heavy atom. The summed E-state index contributed by atoms with van der Waals surface area (Å²) < 4.78 is 5.14. The van der Waals surface area contributed by atoms with Gasteiger partial charge in [0, 0.05) is 6.92 Å². The summed E-state index contributed by atoms with van der Waals surface area (Å²) >= 11 is 0. The first kappa shape index (κ1) is 8.05. The highest BCUT2D eigenvalue weighted by Crippen LogP contribution is 2.45. The van der Waals surface area contributed by atoms with Gasteiger partial charge in [0.05, 0.1) is 6.10 Å². The predicted octanol–water partition coefficient (Wildman–Crippen LogP) is 0.709. The Morgan fingerprint density at radius 3 is 2.50 bits per heavy atom. The molecule has 2 aliphatic carbocycles. The highest BCUT2D eigenvalue weighted by molar-refractivity contribution is 5.66. The number of rotatable bonds is 1. The number of hydrogen-bond acceptors (Lipinski definition) is 3. The molecule has 0 radical (unpaired) electrons. The minimum atomic E-state index is -0.193. The molecule has 4 atom stereocenters. The van der Waals surface area contributed by atoms with Crippen molar-refractivity contribution in [2.45, 2.75) is 38.4 Å². The van der Waals surface area contributed by atoms with Crippen molar-refractivity contribution in [3.8, 4) is 0 Å². The van der Waals surface area contributed by atoms with Crippen molar-refractivity contribution in [2.75, 3.05) is 0 Å². The number of hydrogen-bond donors (Lipinski definition) is 1. The number of aliphatic hydroxyl groups is 1. The van der Waals surface area contributed by atoms with Gasteiger partial charge in [-0.3, -0.25) is 4.79 Å². The van der Waals surface area contributed by atoms with E-state index < -0.39 is 0 Å². The zero-order valence-electron chi connectivity index (χ0n) is 7.19. The van der Waals surface area contributed by atoms with Crippen LogP contribution < -0.4 is 0 Å². The largest absolute Gasteiger partial charge is 0.462 e.